The molecule has 1 saturated carbocycles. The molecule has 1 heterocycles. The van der Waals surface area contributed by atoms with Crippen LogP contribution in [0, 0.1) is 0 Å². The van der Waals surface area contributed by atoms with Gasteiger partial charge in [-0.05, 0) is 75.4 Å². The normalized spacial score (nSPS) is 25.0. The van der Waals surface area contributed by atoms with Crippen LogP contribution < -0.4 is 0 Å². The number of benzene rings is 1. The maximum atomic E-state index is 6.21. The van der Waals surface area contributed by atoms with Gasteiger partial charge in [-0.1, -0.05) is 41.5 Å². The van der Waals surface area contributed by atoms with Crippen LogP contribution in [-0.4, -0.2) is 63.6 Å². The Morgan fingerprint density at radius 1 is 1.18 bits per heavy atom. The molecule has 0 aromatic heterocycles. The average Bonchev–Trinajstić information content (AvgIpc) is 3.23. The molecule has 1 aromatic rings. The molecule has 2 fully saturated rings. The van der Waals surface area contributed by atoms with E-state index in [-0.39, 0.29) is 4.08 Å². The monoisotopic (exact) mass is 476 g/mol. The lowest BCUT2D eigenvalue weighted by Gasteiger charge is -2.53. The second kappa shape index (κ2) is 10.1. The first-order valence-electron chi connectivity index (χ1n) is 9.96. The van der Waals surface area contributed by atoms with E-state index in [4.69, 9.17) is 35.4 Å². The topological polar surface area (TPSA) is 6.48 Å². The maximum Gasteiger partial charge on any atom is 0.0824 e. The molecule has 1 aliphatic heterocycles. The number of nitrogens with zero attached hydrogens (tertiary/aromatic N) is 2. The fourth-order valence-corrected chi connectivity index (χ4v) is 7.85. The highest BCUT2D eigenvalue weighted by Crippen LogP contribution is 2.50. The number of rotatable bonds is 6. The van der Waals surface area contributed by atoms with Crippen molar-refractivity contribution in [1.82, 2.24) is 9.80 Å². The van der Waals surface area contributed by atoms with E-state index in [1.807, 2.05) is 41.7 Å². The van der Waals surface area contributed by atoms with Gasteiger partial charge in [-0.25, -0.2) is 0 Å². The van der Waals surface area contributed by atoms with Gasteiger partial charge in [0, 0.05) is 19.5 Å². The molecule has 156 valence electrons. The summed E-state index contributed by atoms with van der Waals surface area (Å²) in [5.74, 6) is 0. The summed E-state index contributed by atoms with van der Waals surface area (Å²) in [5.41, 5.74) is 1.13. The zero-order valence-electron chi connectivity index (χ0n) is 16.9. The van der Waals surface area contributed by atoms with Gasteiger partial charge in [0.05, 0.1) is 25.2 Å². The molecule has 2 unspecified atom stereocenters. The molecule has 1 saturated heterocycles. The molecule has 2 aliphatic rings. The first-order valence-corrected chi connectivity index (χ1v) is 13.6. The number of likely N-dealkylation sites (tertiary alicyclic amines) is 1. The molecule has 0 N–H and O–H groups in total. The van der Waals surface area contributed by atoms with Crippen LogP contribution in [0.4, 0.5) is 0 Å². The largest absolute Gasteiger partial charge is 0.364 e. The molecule has 0 spiro atoms. The summed E-state index contributed by atoms with van der Waals surface area (Å²) in [5, 5.41) is 1.19. The minimum Gasteiger partial charge on any atom is -0.364 e. The van der Waals surface area contributed by atoms with Crippen LogP contribution in [-0.2, 0) is 6.42 Å². The predicted molar refractivity (Wildman–Crippen MR) is 133 cm³/mol. The number of hydrogen-bond donors (Lipinski definition) is 0. The molecule has 1 aromatic carbocycles. The van der Waals surface area contributed by atoms with E-state index < -0.39 is 0 Å². The summed E-state index contributed by atoms with van der Waals surface area (Å²) in [6.45, 7) is 2.44. The highest BCUT2D eigenvalue weighted by atomic mass is 35.5. The zero-order valence-corrected chi connectivity index (χ0v) is 20.9. The Balaban J connectivity index is 1.81. The van der Waals surface area contributed by atoms with Crippen LogP contribution in [0.3, 0.4) is 0 Å². The maximum absolute atomic E-state index is 6.21. The lowest BCUT2D eigenvalue weighted by molar-refractivity contribution is 0.108. The zero-order chi connectivity index (χ0) is 20.3. The standard InChI is InChI=1S/C21H30Cl2N2S3/c1-24(19(26)14-15-8-9-16(22)17(23)13-15)18-7-6-10-21(27-2,28-3)20(18)25-11-4-5-12-25/h8-9,13,18,20H,4-7,10-12,14H2,1-3H3. The van der Waals surface area contributed by atoms with Crippen molar-refractivity contribution in [3.8, 4) is 0 Å². The number of halogens is 2. The summed E-state index contributed by atoms with van der Waals surface area (Å²) >= 11 is 22.3. The highest BCUT2D eigenvalue weighted by molar-refractivity contribution is 8.17. The molecule has 2 atom stereocenters. The van der Waals surface area contributed by atoms with Crippen molar-refractivity contribution in [3.63, 3.8) is 0 Å². The molecule has 1 aliphatic carbocycles. The molecule has 7 heteroatoms. The van der Waals surface area contributed by atoms with E-state index in [1.54, 1.807) is 0 Å². The van der Waals surface area contributed by atoms with Crippen molar-refractivity contribution in [1.29, 1.82) is 0 Å². The number of thioether (sulfide) groups is 2. The molecular formula is C21H30Cl2N2S3. The fourth-order valence-electron chi connectivity index (χ4n) is 4.77. The summed E-state index contributed by atoms with van der Waals surface area (Å²) in [7, 11) is 2.20. The van der Waals surface area contributed by atoms with Gasteiger partial charge in [0.1, 0.15) is 0 Å². The molecule has 0 radical (unpaired) electrons. The van der Waals surface area contributed by atoms with Gasteiger partial charge in [0.15, 0.2) is 0 Å². The molecular weight excluding hydrogens is 447 g/mol. The lowest BCUT2D eigenvalue weighted by Crippen LogP contribution is -2.62. The Morgan fingerprint density at radius 2 is 1.86 bits per heavy atom. The van der Waals surface area contributed by atoms with Gasteiger partial charge in [-0.15, -0.1) is 23.5 Å². The van der Waals surface area contributed by atoms with Crippen LogP contribution in [0.5, 0.6) is 0 Å². The van der Waals surface area contributed by atoms with Gasteiger partial charge < -0.3 is 4.90 Å². The van der Waals surface area contributed by atoms with E-state index in [0.717, 1.165) is 17.0 Å². The van der Waals surface area contributed by atoms with Crippen molar-refractivity contribution in [2.75, 3.05) is 32.6 Å². The van der Waals surface area contributed by atoms with Crippen LogP contribution in [0.25, 0.3) is 0 Å². The van der Waals surface area contributed by atoms with E-state index in [9.17, 15) is 0 Å². The van der Waals surface area contributed by atoms with Crippen molar-refractivity contribution in [2.24, 2.45) is 0 Å². The average molecular weight is 478 g/mol. The minimum absolute atomic E-state index is 0.251. The third-order valence-electron chi connectivity index (χ3n) is 6.30. The van der Waals surface area contributed by atoms with Crippen molar-refractivity contribution in [2.45, 2.75) is 54.7 Å². The predicted octanol–water partition coefficient (Wildman–Crippen LogP) is 6.23. The quantitative estimate of drug-likeness (QED) is 0.353. The first-order chi connectivity index (χ1) is 13.4. The van der Waals surface area contributed by atoms with Gasteiger partial charge in [-0.2, -0.15) is 0 Å². The Bertz CT molecular complexity index is 690. The van der Waals surface area contributed by atoms with Crippen molar-refractivity contribution in [3.05, 3.63) is 33.8 Å². The molecule has 0 bridgehead atoms. The highest BCUT2D eigenvalue weighted by Gasteiger charge is 2.49. The second-order valence-corrected chi connectivity index (χ2v) is 11.6. The summed E-state index contributed by atoms with van der Waals surface area (Å²) in [6, 6.07) is 6.83. The van der Waals surface area contributed by atoms with E-state index in [2.05, 4.69) is 29.4 Å². The third kappa shape index (κ3) is 4.81. The van der Waals surface area contributed by atoms with Crippen molar-refractivity contribution >= 4 is 63.9 Å². The Kier molecular flexibility index (Phi) is 8.31. The smallest absolute Gasteiger partial charge is 0.0824 e. The second-order valence-electron chi connectivity index (χ2n) is 7.80. The first kappa shape index (κ1) is 23.0. The Morgan fingerprint density at radius 3 is 2.46 bits per heavy atom. The minimum atomic E-state index is 0.251. The molecule has 28 heavy (non-hydrogen) atoms. The Hall–Kier alpha value is 0.350. The van der Waals surface area contributed by atoms with Crippen LogP contribution >= 0.6 is 58.9 Å². The number of likely N-dealkylation sites (N-methyl/N-ethyl adjacent to an activating group) is 1. The Labute approximate surface area is 194 Å². The fraction of sp³-hybridized carbons (Fsp3) is 0.667. The number of thiocarbonyl (C=S) groups is 1. The third-order valence-corrected chi connectivity index (χ3v) is 10.7. The number of hydrogen-bond acceptors (Lipinski definition) is 4. The lowest BCUT2D eigenvalue weighted by atomic mass is 9.87. The van der Waals surface area contributed by atoms with Crippen molar-refractivity contribution < 1.29 is 0 Å². The SMILES string of the molecule is CSC1(SC)CCCC(N(C)C(=S)Cc2ccc(Cl)c(Cl)c2)C1N1CCCC1. The van der Waals surface area contributed by atoms with Crippen LogP contribution in [0.2, 0.25) is 10.0 Å². The van der Waals surface area contributed by atoms with E-state index in [0.29, 0.717) is 22.1 Å². The summed E-state index contributed by atoms with van der Waals surface area (Å²) in [4.78, 5) is 6.13. The van der Waals surface area contributed by atoms with Gasteiger partial charge in [0.2, 0.25) is 0 Å². The summed E-state index contributed by atoms with van der Waals surface area (Å²) < 4.78 is 0.251. The molecule has 3 rings (SSSR count). The van der Waals surface area contributed by atoms with Crippen LogP contribution in [0.1, 0.15) is 37.7 Å². The van der Waals surface area contributed by atoms with Crippen LogP contribution in [0.15, 0.2) is 18.2 Å². The van der Waals surface area contributed by atoms with E-state index >= 15 is 0 Å². The van der Waals surface area contributed by atoms with Gasteiger partial charge in [0.25, 0.3) is 0 Å². The molecule has 2 nitrogen and oxygen atoms in total. The van der Waals surface area contributed by atoms with E-state index in [1.165, 1.54) is 45.2 Å². The van der Waals surface area contributed by atoms with Gasteiger partial charge >= 0.3 is 0 Å². The van der Waals surface area contributed by atoms with Gasteiger partial charge in [-0.3, -0.25) is 4.90 Å². The molecule has 0 amide bonds. The summed E-state index contributed by atoms with van der Waals surface area (Å²) in [6.07, 6.45) is 11.7.